The van der Waals surface area contributed by atoms with Gasteiger partial charge in [0.1, 0.15) is 0 Å². The molecule has 2 aromatic rings. The number of hydrogen-bond acceptors (Lipinski definition) is 8. The largest absolute Gasteiger partial charge is 0.313 e. The number of thiophene rings is 1. The minimum atomic E-state index is -0.175. The Morgan fingerprint density at radius 1 is 1.17 bits per heavy atom. The van der Waals surface area contributed by atoms with Crippen LogP contribution in [-0.2, 0) is 11.2 Å². The van der Waals surface area contributed by atoms with Gasteiger partial charge in [-0.3, -0.25) is 4.79 Å². The van der Waals surface area contributed by atoms with Crippen molar-refractivity contribution < 1.29 is 4.79 Å². The third-order valence-corrected chi connectivity index (χ3v) is 4.25. The second kappa shape index (κ2) is 8.25. The Kier molecular flexibility index (Phi) is 6.33. The molecule has 0 aliphatic rings. The van der Waals surface area contributed by atoms with E-state index in [9.17, 15) is 4.79 Å². The molecule has 2 N–H and O–H groups in total. The van der Waals surface area contributed by atoms with E-state index in [1.165, 1.54) is 0 Å². The summed E-state index contributed by atoms with van der Waals surface area (Å²) in [5, 5.41) is 25.0. The number of nitrogens with one attached hydrogen (secondary N) is 2. The van der Waals surface area contributed by atoms with Gasteiger partial charge in [-0.05, 0) is 30.4 Å². The van der Waals surface area contributed by atoms with Crippen molar-refractivity contribution in [3.8, 4) is 0 Å². The molecule has 0 radical (unpaired) electrons. The Hall–Kier alpha value is -1.93. The van der Waals surface area contributed by atoms with Crippen molar-refractivity contribution in [2.75, 3.05) is 5.32 Å². The minimum Gasteiger partial charge on any atom is -0.313 e. The lowest BCUT2D eigenvalue weighted by Gasteiger charge is -2.21. The maximum Gasteiger partial charge on any atom is 0.267 e. The van der Waals surface area contributed by atoms with Crippen molar-refractivity contribution in [3.05, 3.63) is 22.8 Å². The third kappa shape index (κ3) is 5.31. The van der Waals surface area contributed by atoms with Crippen LogP contribution in [0.5, 0.6) is 0 Å². The van der Waals surface area contributed by atoms with Crippen LogP contribution in [0, 0.1) is 12.8 Å². The lowest BCUT2D eigenvalue weighted by atomic mass is 9.96. The van der Waals surface area contributed by atoms with Crippen molar-refractivity contribution in [1.29, 1.82) is 0 Å². The van der Waals surface area contributed by atoms with Gasteiger partial charge in [0.05, 0.1) is 11.0 Å². The van der Waals surface area contributed by atoms with Gasteiger partial charge >= 0.3 is 0 Å². The highest BCUT2D eigenvalue weighted by molar-refractivity contribution is 7.14. The van der Waals surface area contributed by atoms with Crippen LogP contribution in [0.15, 0.2) is 11.4 Å². The lowest BCUT2D eigenvalue weighted by Crippen LogP contribution is -2.44. The predicted molar refractivity (Wildman–Crippen MR) is 95.6 cm³/mol. The zero-order chi connectivity index (χ0) is 17.7. The van der Waals surface area contributed by atoms with E-state index < -0.39 is 0 Å². The van der Waals surface area contributed by atoms with E-state index in [-0.39, 0.29) is 23.8 Å². The number of rotatable bonds is 8. The smallest absolute Gasteiger partial charge is 0.267 e. The summed E-state index contributed by atoms with van der Waals surface area (Å²) in [5.74, 6) is 1.14. The van der Waals surface area contributed by atoms with E-state index in [0.29, 0.717) is 18.2 Å². The summed E-state index contributed by atoms with van der Waals surface area (Å²) in [7, 11) is 0. The molecule has 0 bridgehead atoms. The standard InChI is InChI=1S/C16H24N6OS/c1-9(2)15(23)13(17-10(3)4)6-12-7-14(24-8-12)18-16-21-19-11(5)20-22-16/h7-10,13,17H,6H2,1-5H3,(H,18,21,22)/t13-/m0/s1. The molecule has 7 nitrogen and oxygen atoms in total. The maximum atomic E-state index is 12.4. The molecule has 0 fully saturated rings. The summed E-state index contributed by atoms with van der Waals surface area (Å²) < 4.78 is 0. The Balaban J connectivity index is 2.05. The number of carbonyl (C=O) groups is 1. The van der Waals surface area contributed by atoms with Crippen molar-refractivity contribution in [3.63, 3.8) is 0 Å². The summed E-state index contributed by atoms with van der Waals surface area (Å²) >= 11 is 1.54. The number of carbonyl (C=O) groups excluding carboxylic acids is 1. The Bertz CT molecular complexity index is 667. The number of Topliss-reactive ketones (excluding diaryl/α,β-unsaturated/α-hetero) is 1. The van der Waals surface area contributed by atoms with E-state index in [2.05, 4.69) is 44.9 Å². The molecule has 2 heterocycles. The van der Waals surface area contributed by atoms with Gasteiger partial charge in [0.25, 0.3) is 5.95 Å². The van der Waals surface area contributed by atoms with Gasteiger partial charge in [-0.25, -0.2) is 0 Å². The van der Waals surface area contributed by atoms with Crippen LogP contribution in [0.25, 0.3) is 0 Å². The summed E-state index contributed by atoms with van der Waals surface area (Å²) in [6.45, 7) is 9.71. The fraction of sp³-hybridized carbons (Fsp3) is 0.562. The van der Waals surface area contributed by atoms with Crippen LogP contribution in [0.4, 0.5) is 10.9 Å². The second-order valence-electron chi connectivity index (χ2n) is 6.35. The maximum absolute atomic E-state index is 12.4. The van der Waals surface area contributed by atoms with Gasteiger partial charge in [0.2, 0.25) is 0 Å². The number of ketones is 1. The summed E-state index contributed by atoms with van der Waals surface area (Å²) in [5.41, 5.74) is 1.10. The molecule has 0 saturated heterocycles. The van der Waals surface area contributed by atoms with E-state index >= 15 is 0 Å². The van der Waals surface area contributed by atoms with Crippen LogP contribution >= 0.6 is 11.3 Å². The van der Waals surface area contributed by atoms with Gasteiger partial charge in [-0.15, -0.1) is 31.7 Å². The minimum absolute atomic E-state index is 0.00980. The Morgan fingerprint density at radius 3 is 2.42 bits per heavy atom. The molecule has 0 aromatic carbocycles. The topological polar surface area (TPSA) is 92.7 Å². The quantitative estimate of drug-likeness (QED) is 0.757. The Morgan fingerprint density at radius 2 is 1.83 bits per heavy atom. The van der Waals surface area contributed by atoms with E-state index in [0.717, 1.165) is 10.6 Å². The molecule has 0 spiro atoms. The monoisotopic (exact) mass is 348 g/mol. The first kappa shape index (κ1) is 18.4. The molecule has 2 rings (SSSR count). The van der Waals surface area contributed by atoms with Crippen LogP contribution in [-0.4, -0.2) is 38.3 Å². The third-order valence-electron chi connectivity index (χ3n) is 3.35. The van der Waals surface area contributed by atoms with Gasteiger partial charge in [-0.1, -0.05) is 27.7 Å². The summed E-state index contributed by atoms with van der Waals surface area (Å²) in [4.78, 5) is 12.4. The molecule has 0 unspecified atom stereocenters. The highest BCUT2D eigenvalue weighted by Crippen LogP contribution is 2.24. The predicted octanol–water partition coefficient (Wildman–Crippen LogP) is 2.51. The van der Waals surface area contributed by atoms with Crippen LogP contribution < -0.4 is 10.6 Å². The number of nitrogens with zero attached hydrogens (tertiary/aromatic N) is 4. The molecule has 2 aromatic heterocycles. The molecule has 0 saturated carbocycles. The van der Waals surface area contributed by atoms with Crippen molar-refractivity contribution >= 4 is 28.1 Å². The summed E-state index contributed by atoms with van der Waals surface area (Å²) in [6, 6.07) is 2.09. The second-order valence-corrected chi connectivity index (χ2v) is 7.26. The van der Waals surface area contributed by atoms with Crippen LogP contribution in [0.1, 0.15) is 39.1 Å². The van der Waals surface area contributed by atoms with Crippen LogP contribution in [0.2, 0.25) is 0 Å². The fourth-order valence-electron chi connectivity index (χ4n) is 2.27. The van der Waals surface area contributed by atoms with Crippen molar-refractivity contribution in [2.45, 2.75) is 53.1 Å². The first-order chi connectivity index (χ1) is 11.3. The molecular formula is C16H24N6OS. The van der Waals surface area contributed by atoms with Gasteiger partial charge < -0.3 is 10.6 Å². The normalized spacial score (nSPS) is 12.6. The molecule has 0 aliphatic carbocycles. The number of aryl methyl sites for hydroxylation is 1. The van der Waals surface area contributed by atoms with E-state index in [1.807, 2.05) is 25.3 Å². The van der Waals surface area contributed by atoms with Crippen molar-refractivity contribution in [2.24, 2.45) is 5.92 Å². The number of aromatic nitrogens is 4. The SMILES string of the molecule is Cc1nnc(Nc2cc(C[C@H](NC(C)C)C(=O)C(C)C)cs2)nn1. The van der Waals surface area contributed by atoms with Gasteiger partial charge in [0, 0.05) is 12.0 Å². The zero-order valence-electron chi connectivity index (χ0n) is 14.7. The molecular weight excluding hydrogens is 324 g/mol. The average Bonchev–Trinajstić information content (AvgIpc) is 2.95. The van der Waals surface area contributed by atoms with Crippen molar-refractivity contribution in [1.82, 2.24) is 25.7 Å². The first-order valence-corrected chi connectivity index (χ1v) is 8.91. The van der Waals surface area contributed by atoms with Gasteiger partial charge in [-0.2, -0.15) is 0 Å². The highest BCUT2D eigenvalue weighted by atomic mass is 32.1. The highest BCUT2D eigenvalue weighted by Gasteiger charge is 2.22. The molecule has 24 heavy (non-hydrogen) atoms. The Labute approximate surface area is 146 Å². The molecule has 0 aliphatic heterocycles. The average molecular weight is 348 g/mol. The van der Waals surface area contributed by atoms with Gasteiger partial charge in [0.15, 0.2) is 11.6 Å². The molecule has 130 valence electrons. The lowest BCUT2D eigenvalue weighted by molar-refractivity contribution is -0.124. The first-order valence-electron chi connectivity index (χ1n) is 8.03. The fourth-order valence-corrected chi connectivity index (χ4v) is 3.08. The molecule has 0 amide bonds. The number of anilines is 2. The summed E-state index contributed by atoms with van der Waals surface area (Å²) in [6.07, 6.45) is 0.665. The number of hydrogen-bond donors (Lipinski definition) is 2. The van der Waals surface area contributed by atoms with E-state index in [1.54, 1.807) is 18.3 Å². The zero-order valence-corrected chi connectivity index (χ0v) is 15.5. The van der Waals surface area contributed by atoms with Crippen LogP contribution in [0.3, 0.4) is 0 Å². The van der Waals surface area contributed by atoms with E-state index in [4.69, 9.17) is 0 Å². The molecule has 8 heteroatoms. The molecule has 1 atom stereocenters.